The van der Waals surface area contributed by atoms with Gasteiger partial charge in [0, 0.05) is 0 Å². The predicted octanol–water partition coefficient (Wildman–Crippen LogP) is 2.65. The van der Waals surface area contributed by atoms with Crippen molar-refractivity contribution < 1.29 is 4.92 Å². The van der Waals surface area contributed by atoms with Gasteiger partial charge in [0.25, 0.3) is 0 Å². The number of hydrogen-bond donors (Lipinski definition) is 2. The summed E-state index contributed by atoms with van der Waals surface area (Å²) in [5, 5.41) is 12.1. The van der Waals surface area contributed by atoms with Crippen molar-refractivity contribution in [1.29, 1.82) is 0 Å². The van der Waals surface area contributed by atoms with Crippen molar-refractivity contribution in [3.05, 3.63) is 27.5 Å². The Morgan fingerprint density at radius 3 is 2.88 bits per heavy atom. The molecule has 0 fully saturated rings. The van der Waals surface area contributed by atoms with E-state index in [-0.39, 0.29) is 26.9 Å². The molecule has 4 rings (SSSR count). The van der Waals surface area contributed by atoms with E-state index in [1.807, 2.05) is 0 Å². The zero-order valence-electron chi connectivity index (χ0n) is 11.4. The summed E-state index contributed by atoms with van der Waals surface area (Å²) in [6, 6.07) is 1.47. The topological polar surface area (TPSA) is 149 Å². The highest BCUT2D eigenvalue weighted by atomic mass is 35.5. The van der Waals surface area contributed by atoms with Gasteiger partial charge in [0.2, 0.25) is 0 Å². The van der Waals surface area contributed by atoms with Gasteiger partial charge in [-0.15, -0.1) is 0 Å². The molecular weight excluding hydrogens is 376 g/mol. The molecule has 0 aliphatic rings. The number of nitrogen functional groups attached to an aromatic ring is 1. The number of H-pyrrole nitrogens is 1. The molecule has 0 unspecified atom stereocenters. The average Bonchev–Trinajstić information content (AvgIpc) is 3.14. The molecule has 3 aromatic heterocycles. The molecule has 0 spiro atoms. The summed E-state index contributed by atoms with van der Waals surface area (Å²) in [6.45, 7) is 0. The highest BCUT2D eigenvalue weighted by Gasteiger charge is 2.25. The molecule has 10 nitrogen and oxygen atoms in total. The van der Waals surface area contributed by atoms with E-state index < -0.39 is 4.92 Å². The largest absolute Gasteiger partial charge is 0.382 e. The summed E-state index contributed by atoms with van der Waals surface area (Å²) in [5.41, 5.74) is 6.86. The minimum Gasteiger partial charge on any atom is -0.382 e. The second-order valence-electron chi connectivity index (χ2n) is 4.53. The standard InChI is InChI=1S/C11H5ClN8O2S2/c12-3-1-4(8(20(21)22)6-5(3)18-24-19-6)23-11-16-7-9(13)14-2-15-10(7)17-11/h1-2H,(H3,13,14,15,16,17). The molecule has 0 aliphatic heterocycles. The van der Waals surface area contributed by atoms with Gasteiger partial charge in [-0.05, 0) is 17.8 Å². The maximum Gasteiger partial charge on any atom is 0.312 e. The van der Waals surface area contributed by atoms with Crippen molar-refractivity contribution in [3.8, 4) is 0 Å². The maximum absolute atomic E-state index is 11.5. The number of halogens is 1. The summed E-state index contributed by atoms with van der Waals surface area (Å²) < 4.78 is 7.96. The Hall–Kier alpha value is -2.57. The molecule has 0 saturated heterocycles. The fourth-order valence-corrected chi connectivity index (χ4v) is 3.96. The zero-order chi connectivity index (χ0) is 16.8. The van der Waals surface area contributed by atoms with Crippen LogP contribution in [0.2, 0.25) is 5.02 Å². The molecule has 0 aliphatic carbocycles. The maximum atomic E-state index is 11.5. The summed E-state index contributed by atoms with van der Waals surface area (Å²) in [4.78, 5) is 26.3. The van der Waals surface area contributed by atoms with E-state index in [4.69, 9.17) is 17.3 Å². The first-order chi connectivity index (χ1) is 11.5. The number of rotatable bonds is 3. The SMILES string of the molecule is Nc1ncnc2nc(Sc3cc(Cl)c4nsnc4c3[N+](=O)[O-])[nH]c12. The number of nitrogens with two attached hydrogens (primary N) is 1. The van der Waals surface area contributed by atoms with E-state index in [2.05, 4.69) is 28.7 Å². The van der Waals surface area contributed by atoms with Crippen molar-refractivity contribution in [3.63, 3.8) is 0 Å². The number of hydrogen-bond acceptors (Lipinski definition) is 10. The van der Waals surface area contributed by atoms with Gasteiger partial charge in [0.1, 0.15) is 17.4 Å². The fourth-order valence-electron chi connectivity index (χ4n) is 2.10. The van der Waals surface area contributed by atoms with Gasteiger partial charge in [-0.25, -0.2) is 15.0 Å². The molecule has 3 N–H and O–H groups in total. The monoisotopic (exact) mass is 380 g/mol. The number of nitrogens with zero attached hydrogens (tertiary/aromatic N) is 6. The van der Waals surface area contributed by atoms with Crippen LogP contribution in [0, 0.1) is 10.1 Å². The van der Waals surface area contributed by atoms with Crippen molar-refractivity contribution in [2.24, 2.45) is 0 Å². The van der Waals surface area contributed by atoms with Gasteiger partial charge in [-0.2, -0.15) is 8.75 Å². The molecule has 0 amide bonds. The normalized spacial score (nSPS) is 11.4. The molecule has 120 valence electrons. The number of aromatic amines is 1. The third-order valence-corrected chi connectivity index (χ3v) is 4.85. The predicted molar refractivity (Wildman–Crippen MR) is 89.3 cm³/mol. The van der Waals surface area contributed by atoms with Gasteiger partial charge < -0.3 is 10.7 Å². The van der Waals surface area contributed by atoms with Crippen molar-refractivity contribution in [2.75, 3.05) is 5.73 Å². The zero-order valence-corrected chi connectivity index (χ0v) is 13.8. The summed E-state index contributed by atoms with van der Waals surface area (Å²) >= 11 is 8.04. The van der Waals surface area contributed by atoms with Crippen LogP contribution >= 0.6 is 35.1 Å². The Morgan fingerprint density at radius 1 is 1.33 bits per heavy atom. The molecular formula is C11H5ClN8O2S2. The van der Waals surface area contributed by atoms with E-state index in [9.17, 15) is 10.1 Å². The van der Waals surface area contributed by atoms with E-state index in [1.165, 1.54) is 12.4 Å². The number of fused-ring (bicyclic) bond motifs is 2. The lowest BCUT2D eigenvalue weighted by Gasteiger charge is -2.02. The number of anilines is 1. The number of aromatic nitrogens is 6. The first-order valence-corrected chi connectivity index (χ1v) is 8.20. The van der Waals surface area contributed by atoms with E-state index in [0.717, 1.165) is 23.5 Å². The molecule has 0 atom stereocenters. The first-order valence-electron chi connectivity index (χ1n) is 6.28. The van der Waals surface area contributed by atoms with Crippen LogP contribution in [-0.2, 0) is 0 Å². The minimum atomic E-state index is -0.515. The molecule has 0 bridgehead atoms. The van der Waals surface area contributed by atoms with Crippen LogP contribution in [0.15, 0.2) is 22.4 Å². The number of nitrogens with one attached hydrogen (secondary N) is 1. The second kappa shape index (κ2) is 5.51. The third-order valence-electron chi connectivity index (χ3n) is 3.12. The lowest BCUT2D eigenvalue weighted by atomic mass is 10.2. The smallest absolute Gasteiger partial charge is 0.312 e. The van der Waals surface area contributed by atoms with Crippen LogP contribution in [0.1, 0.15) is 0 Å². The lowest BCUT2D eigenvalue weighted by molar-refractivity contribution is -0.386. The minimum absolute atomic E-state index is 0.149. The molecule has 4 aromatic rings. The second-order valence-corrected chi connectivity index (χ2v) is 6.49. The van der Waals surface area contributed by atoms with Gasteiger partial charge >= 0.3 is 5.69 Å². The number of nitro groups is 1. The summed E-state index contributed by atoms with van der Waals surface area (Å²) in [7, 11) is 0. The summed E-state index contributed by atoms with van der Waals surface area (Å²) in [6.07, 6.45) is 1.29. The average molecular weight is 381 g/mol. The Bertz CT molecular complexity index is 1110. The van der Waals surface area contributed by atoms with Crippen LogP contribution < -0.4 is 5.73 Å². The quantitative estimate of drug-likeness (QED) is 0.403. The number of benzene rings is 1. The molecule has 0 radical (unpaired) electrons. The molecule has 1 aromatic carbocycles. The molecule has 0 saturated carbocycles. The Kier molecular flexibility index (Phi) is 3.44. The number of nitro benzene ring substituents is 1. The van der Waals surface area contributed by atoms with Crippen LogP contribution in [0.4, 0.5) is 11.5 Å². The highest BCUT2D eigenvalue weighted by molar-refractivity contribution is 7.99. The lowest BCUT2D eigenvalue weighted by Crippen LogP contribution is -1.93. The van der Waals surface area contributed by atoms with Crippen LogP contribution in [0.25, 0.3) is 22.2 Å². The van der Waals surface area contributed by atoms with Crippen molar-refractivity contribution in [2.45, 2.75) is 10.1 Å². The van der Waals surface area contributed by atoms with Crippen LogP contribution in [0.3, 0.4) is 0 Å². The van der Waals surface area contributed by atoms with Gasteiger partial charge in [-0.3, -0.25) is 10.1 Å². The van der Waals surface area contributed by atoms with Gasteiger partial charge in [0.05, 0.1) is 26.6 Å². The van der Waals surface area contributed by atoms with Crippen molar-refractivity contribution >= 4 is 68.8 Å². The third kappa shape index (κ3) is 2.31. The van der Waals surface area contributed by atoms with Crippen LogP contribution in [0.5, 0.6) is 0 Å². The Balaban J connectivity index is 1.87. The van der Waals surface area contributed by atoms with E-state index >= 15 is 0 Å². The number of imidazole rings is 1. The van der Waals surface area contributed by atoms with E-state index in [1.54, 1.807) is 0 Å². The van der Waals surface area contributed by atoms with Crippen LogP contribution in [-0.4, -0.2) is 33.6 Å². The molecule has 13 heteroatoms. The van der Waals surface area contributed by atoms with E-state index in [0.29, 0.717) is 21.8 Å². The first kappa shape index (κ1) is 15.0. The summed E-state index contributed by atoms with van der Waals surface area (Å²) in [5.74, 6) is 0.242. The fraction of sp³-hybridized carbons (Fsp3) is 0. The molecule has 24 heavy (non-hydrogen) atoms. The molecule has 3 heterocycles. The van der Waals surface area contributed by atoms with Gasteiger partial charge in [0.15, 0.2) is 22.1 Å². The Labute approximate surface area is 146 Å². The Morgan fingerprint density at radius 2 is 2.12 bits per heavy atom. The van der Waals surface area contributed by atoms with Gasteiger partial charge in [-0.1, -0.05) is 11.6 Å². The highest BCUT2D eigenvalue weighted by Crippen LogP contribution is 2.41. The van der Waals surface area contributed by atoms with Crippen molar-refractivity contribution in [1.82, 2.24) is 28.7 Å².